The van der Waals surface area contributed by atoms with Crippen molar-refractivity contribution in [1.29, 1.82) is 0 Å². The minimum atomic E-state index is -0.420. The summed E-state index contributed by atoms with van der Waals surface area (Å²) in [6.45, 7) is 0. The molecule has 1 amide bonds. The molecule has 2 aromatic heterocycles. The second kappa shape index (κ2) is 7.78. The first-order chi connectivity index (χ1) is 12.1. The molecule has 2 N–H and O–H groups in total. The lowest BCUT2D eigenvalue weighted by molar-refractivity contribution is 0.0950. The fraction of sp³-hybridized carbons (Fsp3) is 0. The lowest BCUT2D eigenvalue weighted by Gasteiger charge is -2.09. The number of nitrogens with one attached hydrogen (secondary N) is 2. The zero-order chi connectivity index (χ0) is 17.6. The molecule has 2 heterocycles. The van der Waals surface area contributed by atoms with Gasteiger partial charge >= 0.3 is 0 Å². The van der Waals surface area contributed by atoms with Crippen LogP contribution in [0.3, 0.4) is 0 Å². The van der Waals surface area contributed by atoms with Gasteiger partial charge in [0.25, 0.3) is 5.91 Å². The van der Waals surface area contributed by atoms with E-state index in [1.165, 1.54) is 12.5 Å². The SMILES string of the molecule is O=C(NC(=S)Nc1ccc(Oc2ccc(Cl)cn2)cc1)c1ccco1. The van der Waals surface area contributed by atoms with E-state index in [-0.39, 0.29) is 10.9 Å². The van der Waals surface area contributed by atoms with Crippen LogP contribution in [0.5, 0.6) is 11.6 Å². The number of amides is 1. The molecule has 0 bridgehead atoms. The van der Waals surface area contributed by atoms with E-state index in [4.69, 9.17) is 33.0 Å². The highest BCUT2D eigenvalue weighted by Gasteiger charge is 2.10. The third kappa shape index (κ3) is 4.79. The van der Waals surface area contributed by atoms with Crippen LogP contribution in [0.1, 0.15) is 10.6 Å². The van der Waals surface area contributed by atoms with Crippen LogP contribution in [-0.4, -0.2) is 16.0 Å². The largest absolute Gasteiger partial charge is 0.459 e. The van der Waals surface area contributed by atoms with E-state index in [2.05, 4.69) is 15.6 Å². The highest BCUT2D eigenvalue weighted by molar-refractivity contribution is 7.80. The lowest BCUT2D eigenvalue weighted by atomic mass is 10.3. The number of anilines is 1. The fourth-order valence-electron chi connectivity index (χ4n) is 1.88. The second-order valence-corrected chi connectivity index (χ2v) is 5.67. The molecule has 0 aliphatic rings. The van der Waals surface area contributed by atoms with Gasteiger partial charge in [-0.15, -0.1) is 0 Å². The Balaban J connectivity index is 1.56. The molecule has 0 aliphatic heterocycles. The van der Waals surface area contributed by atoms with Gasteiger partial charge in [0.15, 0.2) is 10.9 Å². The van der Waals surface area contributed by atoms with Crippen molar-refractivity contribution < 1.29 is 13.9 Å². The fourth-order valence-corrected chi connectivity index (χ4v) is 2.21. The summed E-state index contributed by atoms with van der Waals surface area (Å²) in [6.07, 6.45) is 2.92. The summed E-state index contributed by atoms with van der Waals surface area (Å²) < 4.78 is 10.6. The maximum Gasteiger partial charge on any atom is 0.293 e. The molecule has 0 spiro atoms. The monoisotopic (exact) mass is 373 g/mol. The first-order valence-electron chi connectivity index (χ1n) is 7.15. The van der Waals surface area contributed by atoms with Crippen LogP contribution in [0.2, 0.25) is 5.02 Å². The van der Waals surface area contributed by atoms with Crippen molar-refractivity contribution in [2.75, 3.05) is 5.32 Å². The zero-order valence-electron chi connectivity index (χ0n) is 12.7. The van der Waals surface area contributed by atoms with Crippen LogP contribution in [0.4, 0.5) is 5.69 Å². The Morgan fingerprint density at radius 2 is 1.96 bits per heavy atom. The summed E-state index contributed by atoms with van der Waals surface area (Å²) in [5.41, 5.74) is 0.696. The number of nitrogens with zero attached hydrogens (tertiary/aromatic N) is 1. The van der Waals surface area contributed by atoms with E-state index in [1.54, 1.807) is 48.5 Å². The molecule has 0 aliphatic carbocycles. The number of carbonyl (C=O) groups excluding carboxylic acids is 1. The third-order valence-corrected chi connectivity index (χ3v) is 3.43. The molecule has 25 heavy (non-hydrogen) atoms. The summed E-state index contributed by atoms with van der Waals surface area (Å²) in [5.74, 6) is 0.803. The first-order valence-corrected chi connectivity index (χ1v) is 7.94. The van der Waals surface area contributed by atoms with Crippen LogP contribution in [0, 0.1) is 0 Å². The maximum atomic E-state index is 11.8. The van der Waals surface area contributed by atoms with Gasteiger partial charge in [-0.3, -0.25) is 10.1 Å². The van der Waals surface area contributed by atoms with Gasteiger partial charge in [0.05, 0.1) is 11.3 Å². The van der Waals surface area contributed by atoms with Crippen LogP contribution in [-0.2, 0) is 0 Å². The van der Waals surface area contributed by atoms with Crippen molar-refractivity contribution in [3.05, 3.63) is 71.8 Å². The van der Waals surface area contributed by atoms with Crippen molar-refractivity contribution in [2.45, 2.75) is 0 Å². The zero-order valence-corrected chi connectivity index (χ0v) is 14.3. The summed E-state index contributed by atoms with van der Waals surface area (Å²) in [4.78, 5) is 15.9. The van der Waals surface area contributed by atoms with E-state index in [9.17, 15) is 4.79 Å². The van der Waals surface area contributed by atoms with Gasteiger partial charge in [-0.2, -0.15) is 0 Å². The van der Waals surface area contributed by atoms with Crippen molar-refractivity contribution in [2.24, 2.45) is 0 Å². The first kappa shape index (κ1) is 16.9. The molecule has 0 saturated carbocycles. The Kier molecular flexibility index (Phi) is 5.27. The van der Waals surface area contributed by atoms with Crippen LogP contribution in [0.15, 0.2) is 65.4 Å². The number of ether oxygens (including phenoxy) is 1. The van der Waals surface area contributed by atoms with Gasteiger partial charge < -0.3 is 14.5 Å². The number of thiocarbonyl (C=S) groups is 1. The standard InChI is InChI=1S/C17H12ClN3O3S/c18-11-3-8-15(19-10-11)24-13-6-4-12(5-7-13)20-17(25)21-16(22)14-2-1-9-23-14/h1-10H,(H2,20,21,22,25). The van der Waals surface area contributed by atoms with Crippen LogP contribution >= 0.6 is 23.8 Å². The molecule has 0 unspecified atom stereocenters. The van der Waals surface area contributed by atoms with Gasteiger partial charge in [0.2, 0.25) is 5.88 Å². The molecular formula is C17H12ClN3O3S. The van der Waals surface area contributed by atoms with Gasteiger partial charge in [-0.05, 0) is 54.7 Å². The average molecular weight is 374 g/mol. The minimum Gasteiger partial charge on any atom is -0.459 e. The van der Waals surface area contributed by atoms with E-state index in [1.807, 2.05) is 0 Å². The molecule has 0 saturated heterocycles. The predicted octanol–water partition coefficient (Wildman–Crippen LogP) is 4.25. The molecule has 8 heteroatoms. The van der Waals surface area contributed by atoms with Gasteiger partial charge in [-0.25, -0.2) is 4.98 Å². The molecule has 0 fully saturated rings. The number of hydrogen-bond acceptors (Lipinski definition) is 5. The number of aromatic nitrogens is 1. The van der Waals surface area contributed by atoms with Crippen molar-refractivity contribution in [3.8, 4) is 11.6 Å². The highest BCUT2D eigenvalue weighted by atomic mass is 35.5. The van der Waals surface area contributed by atoms with Crippen molar-refractivity contribution in [3.63, 3.8) is 0 Å². The number of hydrogen-bond donors (Lipinski definition) is 2. The molecule has 0 atom stereocenters. The van der Waals surface area contributed by atoms with Crippen LogP contribution < -0.4 is 15.4 Å². The maximum absolute atomic E-state index is 11.8. The number of rotatable bonds is 4. The predicted molar refractivity (Wildman–Crippen MR) is 98.2 cm³/mol. The third-order valence-electron chi connectivity index (χ3n) is 3.01. The van der Waals surface area contributed by atoms with Crippen LogP contribution in [0.25, 0.3) is 0 Å². The van der Waals surface area contributed by atoms with E-state index in [0.29, 0.717) is 22.3 Å². The molecule has 3 rings (SSSR count). The summed E-state index contributed by atoms with van der Waals surface area (Å²) >= 11 is 10.9. The number of halogens is 1. The summed E-state index contributed by atoms with van der Waals surface area (Å²) in [7, 11) is 0. The Labute approximate surface area is 153 Å². The summed E-state index contributed by atoms with van der Waals surface area (Å²) in [5, 5.41) is 6.13. The van der Waals surface area contributed by atoms with Gasteiger partial charge in [-0.1, -0.05) is 11.6 Å². The average Bonchev–Trinajstić information content (AvgIpc) is 3.13. The second-order valence-electron chi connectivity index (χ2n) is 4.83. The molecule has 1 aromatic carbocycles. The Morgan fingerprint density at radius 1 is 1.16 bits per heavy atom. The van der Waals surface area contributed by atoms with E-state index in [0.717, 1.165) is 0 Å². The van der Waals surface area contributed by atoms with Gasteiger partial charge in [0.1, 0.15) is 5.75 Å². The number of benzene rings is 1. The number of pyridine rings is 1. The normalized spacial score (nSPS) is 10.1. The summed E-state index contributed by atoms with van der Waals surface area (Å²) in [6, 6.07) is 13.6. The van der Waals surface area contributed by atoms with Crippen molar-refractivity contribution >= 4 is 40.5 Å². The van der Waals surface area contributed by atoms with E-state index >= 15 is 0 Å². The molecule has 126 valence electrons. The number of carbonyl (C=O) groups is 1. The highest BCUT2D eigenvalue weighted by Crippen LogP contribution is 2.22. The Bertz CT molecular complexity index is 865. The molecule has 0 radical (unpaired) electrons. The Morgan fingerprint density at radius 3 is 2.60 bits per heavy atom. The molecule has 3 aromatic rings. The smallest absolute Gasteiger partial charge is 0.293 e. The molecule has 6 nitrogen and oxygen atoms in total. The van der Waals surface area contributed by atoms with Gasteiger partial charge in [0, 0.05) is 18.0 Å². The topological polar surface area (TPSA) is 76.4 Å². The van der Waals surface area contributed by atoms with Crippen molar-refractivity contribution in [1.82, 2.24) is 10.3 Å². The quantitative estimate of drug-likeness (QED) is 0.666. The Hall–Kier alpha value is -2.90. The molecular weight excluding hydrogens is 362 g/mol. The lowest BCUT2D eigenvalue weighted by Crippen LogP contribution is -2.33. The van der Waals surface area contributed by atoms with E-state index < -0.39 is 5.91 Å². The minimum absolute atomic E-state index is 0.162. The number of furan rings is 1.